The molecule has 1 N–H and O–H groups in total. The number of nitrogens with one attached hydrogen (secondary N) is 1. The number of hydrogen-bond donors (Lipinski definition) is 1. The first kappa shape index (κ1) is 15.5. The van der Waals surface area contributed by atoms with Crippen molar-refractivity contribution in [3.8, 4) is 0 Å². The monoisotopic (exact) mass is 341 g/mol. The third-order valence-electron chi connectivity index (χ3n) is 4.08. The van der Waals surface area contributed by atoms with Gasteiger partial charge in [-0.15, -0.1) is 0 Å². The van der Waals surface area contributed by atoms with Crippen LogP contribution < -0.4 is 5.32 Å². The van der Waals surface area contributed by atoms with Crippen LogP contribution in [-0.2, 0) is 0 Å². The molecule has 4 heteroatoms. The van der Waals surface area contributed by atoms with Crippen LogP contribution >= 0.6 is 15.9 Å². The lowest BCUT2D eigenvalue weighted by molar-refractivity contribution is 0.0920. The van der Waals surface area contributed by atoms with Crippen molar-refractivity contribution in [3.63, 3.8) is 0 Å². The molecule has 0 aromatic heterocycles. The normalized spacial score (nSPS) is 22.6. The van der Waals surface area contributed by atoms with Gasteiger partial charge in [-0.3, -0.25) is 4.79 Å². The van der Waals surface area contributed by atoms with Crippen LogP contribution in [0, 0.1) is 11.7 Å². The molecule has 0 spiro atoms. The van der Waals surface area contributed by atoms with E-state index in [9.17, 15) is 9.18 Å². The van der Waals surface area contributed by atoms with E-state index in [1.807, 2.05) is 0 Å². The molecule has 110 valence electrons. The van der Waals surface area contributed by atoms with Gasteiger partial charge in [-0.05, 0) is 59.7 Å². The Balaban J connectivity index is 1.91. The van der Waals surface area contributed by atoms with Crippen molar-refractivity contribution in [1.29, 1.82) is 0 Å². The summed E-state index contributed by atoms with van der Waals surface area (Å²) in [7, 11) is 0. The molecule has 2 nitrogen and oxygen atoms in total. The molecule has 2 rings (SSSR count). The van der Waals surface area contributed by atoms with Gasteiger partial charge in [-0.1, -0.05) is 25.8 Å². The van der Waals surface area contributed by atoms with E-state index >= 15 is 0 Å². The van der Waals surface area contributed by atoms with Crippen LogP contribution in [0.25, 0.3) is 0 Å². The van der Waals surface area contributed by atoms with Gasteiger partial charge >= 0.3 is 0 Å². The van der Waals surface area contributed by atoms with Crippen molar-refractivity contribution in [2.75, 3.05) is 0 Å². The van der Waals surface area contributed by atoms with Gasteiger partial charge in [0, 0.05) is 6.04 Å². The predicted molar refractivity (Wildman–Crippen MR) is 82.2 cm³/mol. The molecule has 0 unspecified atom stereocenters. The fourth-order valence-corrected chi connectivity index (χ4v) is 3.39. The van der Waals surface area contributed by atoms with Crippen LogP contribution in [-0.4, -0.2) is 11.9 Å². The third kappa shape index (κ3) is 3.81. The molecule has 1 fully saturated rings. The molecular formula is C16H21BrFNO. The Morgan fingerprint density at radius 3 is 2.70 bits per heavy atom. The molecule has 1 amide bonds. The number of amides is 1. The average Bonchev–Trinajstić information content (AvgIpc) is 2.44. The lowest BCUT2D eigenvalue weighted by atomic mass is 9.83. The fraction of sp³-hybridized carbons (Fsp3) is 0.562. The summed E-state index contributed by atoms with van der Waals surface area (Å²) in [6.07, 6.45) is 6.95. The second-order valence-electron chi connectivity index (χ2n) is 5.58. The Morgan fingerprint density at radius 1 is 1.35 bits per heavy atom. The highest BCUT2D eigenvalue weighted by Crippen LogP contribution is 2.28. The summed E-state index contributed by atoms with van der Waals surface area (Å²) >= 11 is 3.14. The van der Waals surface area contributed by atoms with E-state index < -0.39 is 5.82 Å². The van der Waals surface area contributed by atoms with E-state index in [4.69, 9.17) is 0 Å². The Hall–Kier alpha value is -0.900. The smallest absolute Gasteiger partial charge is 0.252 e. The van der Waals surface area contributed by atoms with E-state index in [-0.39, 0.29) is 16.4 Å². The summed E-state index contributed by atoms with van der Waals surface area (Å²) in [6.45, 7) is 2.22. The van der Waals surface area contributed by atoms with Crippen molar-refractivity contribution >= 4 is 21.8 Å². The highest BCUT2D eigenvalue weighted by Gasteiger charge is 2.23. The fourth-order valence-electron chi connectivity index (χ4n) is 2.95. The van der Waals surface area contributed by atoms with Crippen LogP contribution in [0.5, 0.6) is 0 Å². The van der Waals surface area contributed by atoms with Crippen molar-refractivity contribution < 1.29 is 9.18 Å². The summed E-state index contributed by atoms with van der Waals surface area (Å²) in [5.41, 5.74) is 0.376. The Morgan fingerprint density at radius 2 is 2.05 bits per heavy atom. The van der Waals surface area contributed by atoms with Crippen LogP contribution in [0.3, 0.4) is 0 Å². The Labute approximate surface area is 128 Å². The maximum atomic E-state index is 13.4. The molecule has 1 aromatic carbocycles. The topological polar surface area (TPSA) is 29.1 Å². The zero-order valence-electron chi connectivity index (χ0n) is 11.8. The summed E-state index contributed by atoms with van der Waals surface area (Å²) in [5, 5.41) is 3.03. The predicted octanol–water partition coefficient (Wildman–Crippen LogP) is 4.68. The minimum Gasteiger partial charge on any atom is -0.349 e. The second kappa shape index (κ2) is 7.21. The van der Waals surface area contributed by atoms with E-state index in [0.717, 1.165) is 18.8 Å². The van der Waals surface area contributed by atoms with Crippen LogP contribution in [0.1, 0.15) is 55.8 Å². The summed E-state index contributed by atoms with van der Waals surface area (Å²) < 4.78 is 13.7. The summed E-state index contributed by atoms with van der Waals surface area (Å²) in [6, 6.07) is 4.78. The molecule has 0 bridgehead atoms. The van der Waals surface area contributed by atoms with E-state index in [1.54, 1.807) is 12.1 Å². The van der Waals surface area contributed by atoms with Gasteiger partial charge in [0.2, 0.25) is 0 Å². The molecule has 0 atom stereocenters. The number of halogens is 2. The highest BCUT2D eigenvalue weighted by molar-refractivity contribution is 9.10. The number of hydrogen-bond acceptors (Lipinski definition) is 1. The van der Waals surface area contributed by atoms with Crippen LogP contribution in [0.2, 0.25) is 0 Å². The molecule has 0 radical (unpaired) electrons. The van der Waals surface area contributed by atoms with Gasteiger partial charge in [-0.2, -0.15) is 0 Å². The first-order valence-electron chi connectivity index (χ1n) is 7.36. The minimum absolute atomic E-state index is 0.185. The number of benzene rings is 1. The van der Waals surface area contributed by atoms with Crippen LogP contribution in [0.4, 0.5) is 4.39 Å². The van der Waals surface area contributed by atoms with Crippen molar-refractivity contribution in [2.45, 2.75) is 51.5 Å². The zero-order valence-corrected chi connectivity index (χ0v) is 13.4. The molecule has 0 heterocycles. The van der Waals surface area contributed by atoms with Gasteiger partial charge < -0.3 is 5.32 Å². The highest BCUT2D eigenvalue weighted by atomic mass is 79.9. The lowest BCUT2D eigenvalue weighted by Crippen LogP contribution is -2.37. The molecule has 1 aromatic rings. The van der Waals surface area contributed by atoms with E-state index in [1.165, 1.54) is 31.7 Å². The molecule has 1 aliphatic carbocycles. The van der Waals surface area contributed by atoms with E-state index in [0.29, 0.717) is 5.56 Å². The number of carbonyl (C=O) groups is 1. The molecule has 0 aliphatic heterocycles. The second-order valence-corrected chi connectivity index (χ2v) is 6.37. The van der Waals surface area contributed by atoms with E-state index in [2.05, 4.69) is 28.2 Å². The minimum atomic E-state index is -0.399. The molecule has 20 heavy (non-hydrogen) atoms. The number of carbonyl (C=O) groups excluding carboxylic acids is 1. The van der Waals surface area contributed by atoms with Gasteiger partial charge in [-0.25, -0.2) is 4.39 Å². The Kier molecular flexibility index (Phi) is 5.58. The molecule has 1 saturated carbocycles. The third-order valence-corrected chi connectivity index (χ3v) is 4.88. The first-order valence-corrected chi connectivity index (χ1v) is 8.16. The zero-order chi connectivity index (χ0) is 14.5. The quantitative estimate of drug-likeness (QED) is 0.846. The summed E-state index contributed by atoms with van der Waals surface area (Å²) in [4.78, 5) is 12.2. The van der Waals surface area contributed by atoms with Crippen LogP contribution in [0.15, 0.2) is 22.7 Å². The van der Waals surface area contributed by atoms with Crippen molar-refractivity contribution in [2.24, 2.45) is 5.92 Å². The SMILES string of the molecule is CCCC1CCC(NC(=O)c2cccc(F)c2Br)CC1. The maximum Gasteiger partial charge on any atom is 0.252 e. The lowest BCUT2D eigenvalue weighted by Gasteiger charge is -2.29. The molecule has 1 aliphatic rings. The standard InChI is InChI=1S/C16H21BrFNO/c1-2-4-11-7-9-12(10-8-11)19-16(20)13-5-3-6-14(18)15(13)17/h3,5-6,11-12H,2,4,7-10H2,1H3,(H,19,20). The van der Waals surface area contributed by atoms with Gasteiger partial charge in [0.05, 0.1) is 10.0 Å². The summed E-state index contributed by atoms with van der Waals surface area (Å²) in [5.74, 6) is 0.230. The largest absolute Gasteiger partial charge is 0.349 e. The Bertz CT molecular complexity index is 470. The maximum absolute atomic E-state index is 13.4. The number of rotatable bonds is 4. The van der Waals surface area contributed by atoms with Gasteiger partial charge in [0.1, 0.15) is 5.82 Å². The molecule has 0 saturated heterocycles. The first-order chi connectivity index (χ1) is 9.61. The van der Waals surface area contributed by atoms with Gasteiger partial charge in [0.15, 0.2) is 0 Å². The van der Waals surface area contributed by atoms with Gasteiger partial charge in [0.25, 0.3) is 5.91 Å². The average molecular weight is 342 g/mol. The van der Waals surface area contributed by atoms with Crippen molar-refractivity contribution in [1.82, 2.24) is 5.32 Å². The molecular weight excluding hydrogens is 321 g/mol. The van der Waals surface area contributed by atoms with Crippen molar-refractivity contribution in [3.05, 3.63) is 34.1 Å².